The summed E-state index contributed by atoms with van der Waals surface area (Å²) in [7, 11) is 4.68. The zero-order valence-electron chi connectivity index (χ0n) is 17.4. The fraction of sp³-hybridized carbons (Fsp3) is 0.222. The van der Waals surface area contributed by atoms with E-state index in [2.05, 4.69) is 25.8 Å². The predicted octanol–water partition coefficient (Wildman–Crippen LogP) is 2.34. The van der Waals surface area contributed by atoms with E-state index >= 15 is 0 Å². The van der Waals surface area contributed by atoms with Crippen LogP contribution in [-0.2, 0) is 21.1 Å². The predicted molar refractivity (Wildman–Crippen MR) is 126 cm³/mol. The van der Waals surface area contributed by atoms with Gasteiger partial charge in [-0.05, 0) is 36.2 Å². The number of carbonyl (C=O) groups excluding carboxylic acids is 1. The number of hydrogen-bond donors (Lipinski definition) is 2. The molecule has 0 atom stereocenters. The first-order valence-electron chi connectivity index (χ1n) is 9.14. The third-order valence-corrected chi connectivity index (χ3v) is 7.23. The summed E-state index contributed by atoms with van der Waals surface area (Å²) in [4.78, 5) is 42.4. The van der Waals surface area contributed by atoms with Crippen LogP contribution in [0.4, 0.5) is 15.6 Å². The molecule has 32 heavy (non-hydrogen) atoms. The maximum atomic E-state index is 12.5. The van der Waals surface area contributed by atoms with Crippen LogP contribution < -0.4 is 21.9 Å². The lowest BCUT2D eigenvalue weighted by atomic mass is 10.3. The average molecular weight is 491 g/mol. The van der Waals surface area contributed by atoms with Crippen LogP contribution >= 0.6 is 34.9 Å². The van der Waals surface area contributed by atoms with Gasteiger partial charge >= 0.3 is 11.7 Å². The number of rotatable bonds is 5. The Morgan fingerprint density at radius 1 is 1.06 bits per heavy atom. The lowest BCUT2D eigenvalue weighted by molar-refractivity contribution is 0.262. The minimum absolute atomic E-state index is 0.290. The summed E-state index contributed by atoms with van der Waals surface area (Å²) >= 11 is 3.93. The van der Waals surface area contributed by atoms with E-state index in [0.717, 1.165) is 9.46 Å². The second-order valence-electron chi connectivity index (χ2n) is 6.62. The summed E-state index contributed by atoms with van der Waals surface area (Å²) in [6, 6.07) is 7.05. The van der Waals surface area contributed by atoms with Crippen molar-refractivity contribution in [3.8, 4) is 0 Å². The lowest BCUT2D eigenvalue weighted by Gasteiger charge is -2.06. The molecular formula is C18H18N8O3S3. The molecule has 0 radical (unpaired) electrons. The number of aryl methyl sites for hydroxylation is 2. The fourth-order valence-corrected chi connectivity index (χ4v) is 5.09. The molecular weight excluding hydrogens is 472 g/mol. The van der Waals surface area contributed by atoms with Crippen molar-refractivity contribution in [3.05, 3.63) is 45.1 Å². The molecule has 0 aliphatic heterocycles. The minimum Gasteiger partial charge on any atom is -0.316 e. The van der Waals surface area contributed by atoms with Crippen LogP contribution in [0, 0.1) is 0 Å². The topological polar surface area (TPSA) is 129 Å². The Morgan fingerprint density at radius 2 is 1.84 bits per heavy atom. The number of fused-ring (bicyclic) bond motifs is 1. The number of urea groups is 1. The van der Waals surface area contributed by atoms with Crippen molar-refractivity contribution >= 4 is 62.9 Å². The number of imidazole rings is 1. The van der Waals surface area contributed by atoms with Gasteiger partial charge in [0.25, 0.3) is 5.56 Å². The molecule has 4 rings (SSSR count). The molecule has 0 unspecified atom stereocenters. The number of thioether (sulfide) groups is 1. The molecule has 4 aromatic rings. The molecule has 0 fully saturated rings. The normalized spacial score (nSPS) is 11.1. The van der Waals surface area contributed by atoms with Gasteiger partial charge in [0.05, 0.1) is 0 Å². The molecule has 2 amide bonds. The highest BCUT2D eigenvalue weighted by atomic mass is 32.2. The van der Waals surface area contributed by atoms with E-state index in [9.17, 15) is 14.4 Å². The quantitative estimate of drug-likeness (QED) is 0.322. The molecule has 11 nitrogen and oxygen atoms in total. The number of hydrogen-bond acceptors (Lipinski definition) is 9. The maximum absolute atomic E-state index is 12.5. The van der Waals surface area contributed by atoms with Crippen LogP contribution in [0.25, 0.3) is 11.2 Å². The van der Waals surface area contributed by atoms with Crippen LogP contribution in [0.1, 0.15) is 0 Å². The van der Waals surface area contributed by atoms with E-state index in [1.807, 2.05) is 24.5 Å². The van der Waals surface area contributed by atoms with E-state index in [-0.39, 0.29) is 5.65 Å². The Kier molecular flexibility index (Phi) is 6.08. The summed E-state index contributed by atoms with van der Waals surface area (Å²) < 4.78 is 4.50. The van der Waals surface area contributed by atoms with Gasteiger partial charge in [-0.25, -0.2) is 14.6 Å². The summed E-state index contributed by atoms with van der Waals surface area (Å²) in [5.74, 6) is 0. The van der Waals surface area contributed by atoms with E-state index in [1.54, 1.807) is 36.5 Å². The van der Waals surface area contributed by atoms with Crippen LogP contribution in [-0.4, -0.2) is 41.2 Å². The first-order valence-corrected chi connectivity index (χ1v) is 12.0. The molecule has 166 valence electrons. The van der Waals surface area contributed by atoms with Gasteiger partial charge in [-0.2, -0.15) is 0 Å². The summed E-state index contributed by atoms with van der Waals surface area (Å²) in [5.41, 5.74) is 0.394. The smallest absolute Gasteiger partial charge is 0.316 e. The third kappa shape index (κ3) is 4.16. The van der Waals surface area contributed by atoms with Gasteiger partial charge in [0, 0.05) is 31.7 Å². The zero-order valence-corrected chi connectivity index (χ0v) is 19.9. The van der Waals surface area contributed by atoms with E-state index in [4.69, 9.17) is 0 Å². The summed E-state index contributed by atoms with van der Waals surface area (Å²) in [6.07, 6.45) is 1.96. The van der Waals surface area contributed by atoms with Crippen LogP contribution in [0.3, 0.4) is 0 Å². The maximum Gasteiger partial charge on any atom is 0.332 e. The number of nitrogens with one attached hydrogen (secondary N) is 2. The lowest BCUT2D eigenvalue weighted by Crippen LogP contribution is -2.37. The van der Waals surface area contributed by atoms with Crippen molar-refractivity contribution in [3.63, 3.8) is 0 Å². The highest BCUT2D eigenvalue weighted by Crippen LogP contribution is 2.32. The molecule has 0 spiro atoms. The number of benzene rings is 1. The highest BCUT2D eigenvalue weighted by molar-refractivity contribution is 8.01. The largest absolute Gasteiger partial charge is 0.332 e. The summed E-state index contributed by atoms with van der Waals surface area (Å²) in [6.45, 7) is 0. The van der Waals surface area contributed by atoms with Crippen molar-refractivity contribution in [2.24, 2.45) is 21.1 Å². The molecule has 2 N–H and O–H groups in total. The molecule has 1 aromatic carbocycles. The molecule has 3 aromatic heterocycles. The average Bonchev–Trinajstić information content (AvgIpc) is 3.35. The van der Waals surface area contributed by atoms with Crippen molar-refractivity contribution in [2.75, 3.05) is 16.9 Å². The zero-order chi connectivity index (χ0) is 23.0. The van der Waals surface area contributed by atoms with Crippen molar-refractivity contribution in [1.82, 2.24) is 28.9 Å². The van der Waals surface area contributed by atoms with Crippen molar-refractivity contribution < 1.29 is 4.79 Å². The molecule has 14 heteroatoms. The minimum atomic E-state index is -0.450. The van der Waals surface area contributed by atoms with Gasteiger partial charge in [-0.15, -0.1) is 22.0 Å². The first kappa shape index (κ1) is 22.1. The Labute approximate surface area is 193 Å². The monoisotopic (exact) mass is 490 g/mol. The highest BCUT2D eigenvalue weighted by Gasteiger charge is 2.19. The van der Waals surface area contributed by atoms with Gasteiger partial charge in [-0.1, -0.05) is 17.4 Å². The number of anilines is 2. The number of amides is 2. The number of nitrogens with zero attached hydrogens (tertiary/aromatic N) is 6. The second-order valence-corrected chi connectivity index (χ2v) is 9.69. The molecule has 0 aliphatic rings. The number of carbonyl (C=O) groups is 1. The Bertz CT molecular complexity index is 1450. The molecule has 0 saturated heterocycles. The van der Waals surface area contributed by atoms with Crippen molar-refractivity contribution in [1.29, 1.82) is 0 Å². The van der Waals surface area contributed by atoms with Crippen LogP contribution in [0.2, 0.25) is 0 Å². The van der Waals surface area contributed by atoms with Crippen molar-refractivity contribution in [2.45, 2.75) is 14.4 Å². The summed E-state index contributed by atoms with van der Waals surface area (Å²) in [5, 5.41) is 14.3. The first-order chi connectivity index (χ1) is 15.3. The molecule has 0 aliphatic carbocycles. The standard InChI is InChI=1S/C18H18N8O3S3/c1-24-11-12(25(2)18(29)26(3)13(11)27)20-16(24)32-17-23-22-15(31-17)21-14(28)19-9-6-5-7-10(8-9)30-4/h5-8H,1-4H3,(H2,19,21,22,28). The van der Waals surface area contributed by atoms with Gasteiger partial charge in [-0.3, -0.25) is 19.2 Å². The Morgan fingerprint density at radius 3 is 2.59 bits per heavy atom. The van der Waals surface area contributed by atoms with Crippen LogP contribution in [0.15, 0.2) is 48.2 Å². The molecule has 0 saturated carbocycles. The second kappa shape index (κ2) is 8.80. The van der Waals surface area contributed by atoms with E-state index in [1.165, 1.54) is 34.7 Å². The van der Waals surface area contributed by atoms with Gasteiger partial charge in [0.1, 0.15) is 0 Å². The van der Waals surface area contributed by atoms with Gasteiger partial charge in [0.15, 0.2) is 20.7 Å². The van der Waals surface area contributed by atoms with E-state index in [0.29, 0.717) is 25.8 Å². The van der Waals surface area contributed by atoms with Crippen LogP contribution in [0.5, 0.6) is 0 Å². The molecule has 3 heterocycles. The van der Waals surface area contributed by atoms with Gasteiger partial charge in [0.2, 0.25) is 5.13 Å². The SMILES string of the molecule is CSc1cccc(NC(=O)Nc2nnc(Sc3nc4c(c(=O)n(C)c(=O)n4C)n3C)s2)c1. The number of aromatic nitrogens is 6. The Hall–Kier alpha value is -3.10. The third-order valence-electron chi connectivity index (χ3n) is 4.57. The Balaban J connectivity index is 1.51. The van der Waals surface area contributed by atoms with E-state index < -0.39 is 17.3 Å². The molecule has 0 bridgehead atoms. The fourth-order valence-electron chi connectivity index (χ4n) is 2.93. The van der Waals surface area contributed by atoms with Gasteiger partial charge < -0.3 is 9.88 Å².